The summed E-state index contributed by atoms with van der Waals surface area (Å²) in [6.07, 6.45) is 0. The van der Waals surface area contributed by atoms with Gasteiger partial charge in [-0.3, -0.25) is 0 Å². The Morgan fingerprint density at radius 2 is 1.78 bits per heavy atom. The number of hydrogen-bond acceptors (Lipinski definition) is 2. The molecule has 2 nitrogen and oxygen atoms in total. The first-order valence-electron chi connectivity index (χ1n) is 5.49. The second-order valence-electron chi connectivity index (χ2n) is 4.08. The molecule has 2 N–H and O–H groups in total. The summed E-state index contributed by atoms with van der Waals surface area (Å²) in [5, 5.41) is 1.15. The Bertz CT molecular complexity index is 570. The van der Waals surface area contributed by atoms with E-state index in [1.165, 1.54) is 0 Å². The minimum absolute atomic E-state index is 0.407. The van der Waals surface area contributed by atoms with E-state index in [9.17, 15) is 0 Å². The average Bonchev–Trinajstić information content (AvgIpc) is 2.34. The Morgan fingerprint density at radius 3 is 2.50 bits per heavy atom. The molecule has 0 aromatic heterocycles. The first-order valence-corrected chi connectivity index (χ1v) is 6.24. The van der Waals surface area contributed by atoms with Crippen LogP contribution in [-0.4, -0.2) is 0 Å². The lowest BCUT2D eigenvalue weighted by molar-refractivity contribution is 0.306. The molecule has 0 bridgehead atoms. The van der Waals surface area contributed by atoms with Crippen LogP contribution in [0.5, 0.6) is 5.75 Å². The second kappa shape index (κ2) is 5.51. The van der Waals surface area contributed by atoms with Crippen LogP contribution in [0.25, 0.3) is 0 Å². The molecule has 0 spiro atoms. The number of nitrogen functional groups attached to an aromatic ring is 1. The molecule has 2 rings (SSSR count). The molecule has 18 heavy (non-hydrogen) atoms. The van der Waals surface area contributed by atoms with Crippen molar-refractivity contribution in [1.29, 1.82) is 0 Å². The number of rotatable bonds is 3. The van der Waals surface area contributed by atoms with Crippen LogP contribution in [0, 0.1) is 6.92 Å². The van der Waals surface area contributed by atoms with Gasteiger partial charge in [0.1, 0.15) is 12.4 Å². The lowest BCUT2D eigenvalue weighted by Gasteiger charge is -2.09. The highest BCUT2D eigenvalue weighted by Gasteiger charge is 2.03. The number of ether oxygens (including phenoxy) is 1. The van der Waals surface area contributed by atoms with Crippen LogP contribution in [0.2, 0.25) is 10.0 Å². The zero-order chi connectivity index (χ0) is 13.1. The smallest absolute Gasteiger partial charge is 0.138 e. The molecule has 0 saturated carbocycles. The molecule has 0 radical (unpaired) electrons. The molecule has 0 aliphatic carbocycles. The van der Waals surface area contributed by atoms with Crippen LogP contribution in [0.1, 0.15) is 11.1 Å². The molecule has 0 fully saturated rings. The van der Waals surface area contributed by atoms with E-state index in [-0.39, 0.29) is 0 Å². The molecule has 0 atom stereocenters. The molecule has 2 aromatic rings. The zero-order valence-corrected chi connectivity index (χ0v) is 11.4. The third-order valence-electron chi connectivity index (χ3n) is 2.54. The summed E-state index contributed by atoms with van der Waals surface area (Å²) in [6.45, 7) is 2.40. The number of anilines is 1. The second-order valence-corrected chi connectivity index (χ2v) is 4.89. The van der Waals surface area contributed by atoms with Gasteiger partial charge in [-0.05, 0) is 42.3 Å². The van der Waals surface area contributed by atoms with Crippen molar-refractivity contribution in [2.24, 2.45) is 0 Å². The molecule has 4 heteroatoms. The Kier molecular flexibility index (Phi) is 4.00. The fourth-order valence-corrected chi connectivity index (χ4v) is 1.85. The van der Waals surface area contributed by atoms with Crippen LogP contribution in [-0.2, 0) is 6.61 Å². The van der Waals surface area contributed by atoms with Crippen LogP contribution in [0.4, 0.5) is 5.69 Å². The van der Waals surface area contributed by atoms with E-state index >= 15 is 0 Å². The maximum Gasteiger partial charge on any atom is 0.138 e. The lowest BCUT2D eigenvalue weighted by Crippen LogP contribution is -1.98. The van der Waals surface area contributed by atoms with Gasteiger partial charge in [-0.15, -0.1) is 0 Å². The number of nitrogens with two attached hydrogens (primary N) is 1. The van der Waals surface area contributed by atoms with Crippen molar-refractivity contribution in [3.05, 3.63) is 57.6 Å². The zero-order valence-electron chi connectivity index (χ0n) is 9.91. The molecular weight excluding hydrogens is 269 g/mol. The summed E-state index contributed by atoms with van der Waals surface area (Å²) >= 11 is 11.9. The molecule has 94 valence electrons. The Balaban J connectivity index is 2.11. The molecule has 0 aliphatic heterocycles. The maximum atomic E-state index is 6.05. The summed E-state index contributed by atoms with van der Waals surface area (Å²) < 4.78 is 5.67. The van der Waals surface area contributed by atoms with Gasteiger partial charge in [0.05, 0.1) is 15.7 Å². The summed E-state index contributed by atoms with van der Waals surface area (Å²) in [4.78, 5) is 0. The summed E-state index contributed by atoms with van der Waals surface area (Å²) in [7, 11) is 0. The van der Waals surface area contributed by atoms with Gasteiger partial charge in [0.2, 0.25) is 0 Å². The van der Waals surface area contributed by atoms with Crippen molar-refractivity contribution in [2.45, 2.75) is 13.5 Å². The molecule has 0 saturated heterocycles. The topological polar surface area (TPSA) is 35.2 Å². The van der Waals surface area contributed by atoms with E-state index in [2.05, 4.69) is 0 Å². The summed E-state index contributed by atoms with van der Waals surface area (Å²) in [6, 6.07) is 11.1. The Labute approximate surface area is 116 Å². The van der Waals surface area contributed by atoms with Crippen molar-refractivity contribution >= 4 is 28.9 Å². The van der Waals surface area contributed by atoms with Gasteiger partial charge >= 0.3 is 0 Å². The monoisotopic (exact) mass is 281 g/mol. The van der Waals surface area contributed by atoms with Gasteiger partial charge in [0, 0.05) is 0 Å². The third-order valence-corrected chi connectivity index (χ3v) is 3.20. The molecule has 0 amide bonds. The molecule has 0 unspecified atom stereocenters. The van der Waals surface area contributed by atoms with Gasteiger partial charge < -0.3 is 10.5 Å². The quantitative estimate of drug-likeness (QED) is 0.843. The van der Waals surface area contributed by atoms with E-state index in [1.54, 1.807) is 12.1 Å². The van der Waals surface area contributed by atoms with Crippen LogP contribution in [0.15, 0.2) is 36.4 Å². The first-order chi connectivity index (χ1) is 8.56. The Morgan fingerprint density at radius 1 is 1.06 bits per heavy atom. The highest BCUT2D eigenvalue weighted by molar-refractivity contribution is 6.33. The van der Waals surface area contributed by atoms with Crippen LogP contribution < -0.4 is 10.5 Å². The SMILES string of the molecule is Cc1ccc(Cl)c(OCc2ccc(Cl)c(N)c2)c1. The number of halogens is 2. The van der Waals surface area contributed by atoms with E-state index in [1.807, 2.05) is 31.2 Å². The standard InChI is InChI=1S/C14H13Cl2NO/c1-9-2-4-12(16)14(6-9)18-8-10-3-5-11(15)13(17)7-10/h2-7H,8,17H2,1H3. The van der Waals surface area contributed by atoms with Gasteiger partial charge in [-0.1, -0.05) is 35.3 Å². The average molecular weight is 282 g/mol. The van der Waals surface area contributed by atoms with Crippen molar-refractivity contribution in [3.8, 4) is 5.75 Å². The number of hydrogen-bond donors (Lipinski definition) is 1. The van der Waals surface area contributed by atoms with Gasteiger partial charge in [-0.25, -0.2) is 0 Å². The normalized spacial score (nSPS) is 10.4. The van der Waals surface area contributed by atoms with Crippen LogP contribution in [0.3, 0.4) is 0 Å². The van der Waals surface area contributed by atoms with Crippen molar-refractivity contribution < 1.29 is 4.74 Å². The number of aryl methyl sites for hydroxylation is 1. The van der Waals surface area contributed by atoms with Crippen molar-refractivity contribution in [3.63, 3.8) is 0 Å². The highest BCUT2D eigenvalue weighted by Crippen LogP contribution is 2.27. The molecule has 0 heterocycles. The minimum Gasteiger partial charge on any atom is -0.487 e. The maximum absolute atomic E-state index is 6.05. The molecule has 2 aromatic carbocycles. The fourth-order valence-electron chi connectivity index (χ4n) is 1.57. The van der Waals surface area contributed by atoms with E-state index < -0.39 is 0 Å². The highest BCUT2D eigenvalue weighted by atomic mass is 35.5. The van der Waals surface area contributed by atoms with Gasteiger partial charge in [0.15, 0.2) is 0 Å². The van der Waals surface area contributed by atoms with Crippen molar-refractivity contribution in [2.75, 3.05) is 5.73 Å². The summed E-state index contributed by atoms with van der Waals surface area (Å²) in [5.74, 6) is 0.671. The van der Waals surface area contributed by atoms with Gasteiger partial charge in [-0.2, -0.15) is 0 Å². The predicted octanol–water partition coefficient (Wildman–Crippen LogP) is 4.46. The predicted molar refractivity (Wildman–Crippen MR) is 76.4 cm³/mol. The van der Waals surface area contributed by atoms with E-state index in [0.29, 0.717) is 28.1 Å². The minimum atomic E-state index is 0.407. The van der Waals surface area contributed by atoms with E-state index in [0.717, 1.165) is 11.1 Å². The third kappa shape index (κ3) is 3.09. The molecule has 0 aliphatic rings. The molecular formula is C14H13Cl2NO. The van der Waals surface area contributed by atoms with Gasteiger partial charge in [0.25, 0.3) is 0 Å². The largest absolute Gasteiger partial charge is 0.487 e. The number of benzene rings is 2. The Hall–Kier alpha value is -1.38. The van der Waals surface area contributed by atoms with Crippen molar-refractivity contribution in [1.82, 2.24) is 0 Å². The first kappa shape index (κ1) is 13.1. The fraction of sp³-hybridized carbons (Fsp3) is 0.143. The van der Waals surface area contributed by atoms with Crippen LogP contribution >= 0.6 is 23.2 Å². The summed E-state index contributed by atoms with van der Waals surface area (Å²) in [5.41, 5.74) is 8.33. The van der Waals surface area contributed by atoms with E-state index in [4.69, 9.17) is 33.7 Å². The lowest BCUT2D eigenvalue weighted by atomic mass is 10.2.